The molecule has 3 rings (SSSR count). The van der Waals surface area contributed by atoms with Crippen LogP contribution in [0.4, 0.5) is 17.2 Å². The third-order valence-corrected chi connectivity index (χ3v) is 3.22. The third kappa shape index (κ3) is 3.70. The predicted octanol–water partition coefficient (Wildman–Crippen LogP) is 3.38. The van der Waals surface area contributed by atoms with Gasteiger partial charge in [0.2, 0.25) is 0 Å². The standard InChI is InChI=1S/C17H16N4O3/c1-11-8-16(21-24-11)19-13-6-7-15(18-10-13)17(22)20-12-4-3-5-14(9-12)23-2/h3-10H,1-2H3,(H,19,21)(H,20,22). The van der Waals surface area contributed by atoms with Crippen molar-refractivity contribution in [1.82, 2.24) is 10.1 Å². The SMILES string of the molecule is COc1cccc(NC(=O)c2ccc(Nc3cc(C)on3)cn2)c1. The molecule has 0 atom stereocenters. The van der Waals surface area contributed by atoms with E-state index in [0.717, 1.165) is 0 Å². The van der Waals surface area contributed by atoms with Gasteiger partial charge in [-0.25, -0.2) is 4.98 Å². The highest BCUT2D eigenvalue weighted by molar-refractivity contribution is 6.03. The van der Waals surface area contributed by atoms with Gasteiger partial charge in [0.25, 0.3) is 5.91 Å². The highest BCUT2D eigenvalue weighted by atomic mass is 16.5. The first-order valence-electron chi connectivity index (χ1n) is 7.26. The lowest BCUT2D eigenvalue weighted by Gasteiger charge is -2.07. The van der Waals surface area contributed by atoms with Crippen molar-refractivity contribution in [3.63, 3.8) is 0 Å². The first-order valence-corrected chi connectivity index (χ1v) is 7.26. The van der Waals surface area contributed by atoms with E-state index in [-0.39, 0.29) is 5.91 Å². The van der Waals surface area contributed by atoms with Gasteiger partial charge in [-0.2, -0.15) is 0 Å². The number of hydrogen-bond donors (Lipinski definition) is 2. The molecule has 1 amide bonds. The van der Waals surface area contributed by atoms with Gasteiger partial charge in [0.1, 0.15) is 17.2 Å². The minimum Gasteiger partial charge on any atom is -0.497 e. The fraction of sp³-hybridized carbons (Fsp3) is 0.118. The number of rotatable bonds is 5. The van der Waals surface area contributed by atoms with E-state index in [2.05, 4.69) is 20.8 Å². The number of aryl methyl sites for hydroxylation is 1. The summed E-state index contributed by atoms with van der Waals surface area (Å²) in [6.07, 6.45) is 1.56. The van der Waals surface area contributed by atoms with E-state index in [1.54, 1.807) is 55.8 Å². The summed E-state index contributed by atoms with van der Waals surface area (Å²) in [7, 11) is 1.57. The molecule has 0 fully saturated rings. The molecule has 0 radical (unpaired) electrons. The molecule has 0 aliphatic carbocycles. The van der Waals surface area contributed by atoms with Gasteiger partial charge in [0, 0.05) is 17.8 Å². The molecular formula is C17H16N4O3. The molecule has 2 N–H and O–H groups in total. The summed E-state index contributed by atoms with van der Waals surface area (Å²) in [6.45, 7) is 1.81. The topological polar surface area (TPSA) is 89.3 Å². The summed E-state index contributed by atoms with van der Waals surface area (Å²) < 4.78 is 10.1. The lowest BCUT2D eigenvalue weighted by molar-refractivity contribution is 0.102. The van der Waals surface area contributed by atoms with E-state index in [4.69, 9.17) is 9.26 Å². The maximum Gasteiger partial charge on any atom is 0.274 e. The number of benzene rings is 1. The van der Waals surface area contributed by atoms with Gasteiger partial charge in [0.15, 0.2) is 5.82 Å². The molecular weight excluding hydrogens is 308 g/mol. The van der Waals surface area contributed by atoms with Crippen molar-refractivity contribution in [3.05, 3.63) is 60.1 Å². The number of carbonyl (C=O) groups excluding carboxylic acids is 1. The van der Waals surface area contributed by atoms with Gasteiger partial charge in [-0.05, 0) is 31.2 Å². The summed E-state index contributed by atoms with van der Waals surface area (Å²) >= 11 is 0. The lowest BCUT2D eigenvalue weighted by atomic mass is 10.2. The Kier molecular flexibility index (Phi) is 4.42. The molecule has 24 heavy (non-hydrogen) atoms. The molecule has 0 saturated heterocycles. The van der Waals surface area contributed by atoms with E-state index in [1.807, 2.05) is 6.92 Å². The van der Waals surface area contributed by atoms with Crippen molar-refractivity contribution in [3.8, 4) is 5.75 Å². The Hall–Kier alpha value is -3.35. The number of carbonyl (C=O) groups is 1. The second kappa shape index (κ2) is 6.82. The van der Waals surface area contributed by atoms with Gasteiger partial charge in [-0.1, -0.05) is 11.2 Å². The van der Waals surface area contributed by atoms with Crippen LogP contribution in [0.1, 0.15) is 16.2 Å². The van der Waals surface area contributed by atoms with Gasteiger partial charge in [-0.3, -0.25) is 4.79 Å². The highest BCUT2D eigenvalue weighted by Crippen LogP contribution is 2.18. The number of nitrogens with zero attached hydrogens (tertiary/aromatic N) is 2. The van der Waals surface area contributed by atoms with Crippen LogP contribution in [0, 0.1) is 6.92 Å². The average molecular weight is 324 g/mol. The Bertz CT molecular complexity index is 843. The number of pyridine rings is 1. The van der Waals surface area contributed by atoms with Crippen molar-refractivity contribution in [2.45, 2.75) is 6.92 Å². The Morgan fingerprint density at radius 2 is 2.04 bits per heavy atom. The largest absolute Gasteiger partial charge is 0.497 e. The Labute approximate surface area is 138 Å². The number of nitrogens with one attached hydrogen (secondary N) is 2. The van der Waals surface area contributed by atoms with Crippen molar-refractivity contribution in [2.24, 2.45) is 0 Å². The van der Waals surface area contributed by atoms with E-state index in [1.165, 1.54) is 0 Å². The lowest BCUT2D eigenvalue weighted by Crippen LogP contribution is -2.13. The zero-order chi connectivity index (χ0) is 16.9. The van der Waals surface area contributed by atoms with E-state index < -0.39 is 0 Å². The zero-order valence-corrected chi connectivity index (χ0v) is 13.2. The minimum absolute atomic E-state index is 0.299. The number of anilines is 3. The van der Waals surface area contributed by atoms with Crippen LogP contribution in [0.2, 0.25) is 0 Å². The van der Waals surface area contributed by atoms with E-state index in [0.29, 0.717) is 34.4 Å². The summed E-state index contributed by atoms with van der Waals surface area (Å²) in [5.41, 5.74) is 1.65. The zero-order valence-electron chi connectivity index (χ0n) is 13.2. The van der Waals surface area contributed by atoms with Crippen LogP contribution in [0.15, 0.2) is 53.2 Å². The highest BCUT2D eigenvalue weighted by Gasteiger charge is 2.09. The number of ether oxygens (including phenoxy) is 1. The summed E-state index contributed by atoms with van der Waals surface area (Å²) in [6, 6.07) is 12.3. The summed E-state index contributed by atoms with van der Waals surface area (Å²) in [5, 5.41) is 9.65. The average Bonchev–Trinajstić information content (AvgIpc) is 3.00. The first kappa shape index (κ1) is 15.5. The monoisotopic (exact) mass is 324 g/mol. The number of methoxy groups -OCH3 is 1. The van der Waals surface area contributed by atoms with Gasteiger partial charge < -0.3 is 19.9 Å². The molecule has 7 heteroatoms. The fourth-order valence-electron chi connectivity index (χ4n) is 2.07. The maximum atomic E-state index is 12.2. The quantitative estimate of drug-likeness (QED) is 0.748. The Morgan fingerprint density at radius 1 is 1.17 bits per heavy atom. The Balaban J connectivity index is 1.67. The molecule has 0 aliphatic heterocycles. The molecule has 0 aliphatic rings. The summed E-state index contributed by atoms with van der Waals surface area (Å²) in [4.78, 5) is 16.4. The van der Waals surface area contributed by atoms with Crippen LogP contribution in [0.3, 0.4) is 0 Å². The Morgan fingerprint density at radius 3 is 2.71 bits per heavy atom. The molecule has 1 aromatic carbocycles. The molecule has 2 heterocycles. The molecule has 3 aromatic rings. The number of amides is 1. The van der Waals surface area contributed by atoms with Crippen LogP contribution >= 0.6 is 0 Å². The van der Waals surface area contributed by atoms with Crippen LogP contribution in [-0.2, 0) is 0 Å². The molecule has 122 valence electrons. The van der Waals surface area contributed by atoms with Gasteiger partial charge in [-0.15, -0.1) is 0 Å². The molecule has 7 nitrogen and oxygen atoms in total. The fourth-order valence-corrected chi connectivity index (χ4v) is 2.07. The third-order valence-electron chi connectivity index (χ3n) is 3.22. The van der Waals surface area contributed by atoms with Crippen LogP contribution in [-0.4, -0.2) is 23.2 Å². The first-order chi connectivity index (χ1) is 11.6. The van der Waals surface area contributed by atoms with Crippen molar-refractivity contribution in [2.75, 3.05) is 17.7 Å². The predicted molar refractivity (Wildman–Crippen MR) is 89.7 cm³/mol. The molecule has 0 spiro atoms. The van der Waals surface area contributed by atoms with Crippen molar-refractivity contribution in [1.29, 1.82) is 0 Å². The number of aromatic nitrogens is 2. The summed E-state index contributed by atoms with van der Waals surface area (Å²) in [5.74, 6) is 1.66. The normalized spacial score (nSPS) is 10.2. The van der Waals surface area contributed by atoms with Crippen LogP contribution < -0.4 is 15.4 Å². The molecule has 0 unspecified atom stereocenters. The second-order valence-corrected chi connectivity index (χ2v) is 5.07. The van der Waals surface area contributed by atoms with Gasteiger partial charge >= 0.3 is 0 Å². The second-order valence-electron chi connectivity index (χ2n) is 5.07. The van der Waals surface area contributed by atoms with Crippen molar-refractivity contribution >= 4 is 23.1 Å². The molecule has 0 bridgehead atoms. The maximum absolute atomic E-state index is 12.2. The smallest absolute Gasteiger partial charge is 0.274 e. The van der Waals surface area contributed by atoms with E-state index >= 15 is 0 Å². The molecule has 0 saturated carbocycles. The van der Waals surface area contributed by atoms with Crippen molar-refractivity contribution < 1.29 is 14.1 Å². The van der Waals surface area contributed by atoms with Crippen LogP contribution in [0.25, 0.3) is 0 Å². The van der Waals surface area contributed by atoms with E-state index in [9.17, 15) is 4.79 Å². The van der Waals surface area contributed by atoms with Gasteiger partial charge in [0.05, 0.1) is 19.0 Å². The minimum atomic E-state index is -0.299. The molecule has 2 aromatic heterocycles. The van der Waals surface area contributed by atoms with Crippen LogP contribution in [0.5, 0.6) is 5.75 Å². The number of hydrogen-bond acceptors (Lipinski definition) is 6.